The van der Waals surface area contributed by atoms with Crippen molar-refractivity contribution in [2.24, 2.45) is 0 Å². The van der Waals surface area contributed by atoms with Crippen molar-refractivity contribution in [3.05, 3.63) is 52.6 Å². The first-order valence-corrected chi connectivity index (χ1v) is 12.6. The van der Waals surface area contributed by atoms with Gasteiger partial charge >= 0.3 is 0 Å². The molecule has 1 N–H and O–H groups in total. The summed E-state index contributed by atoms with van der Waals surface area (Å²) in [4.78, 5) is 4.75. The second kappa shape index (κ2) is 9.39. The highest BCUT2D eigenvalue weighted by molar-refractivity contribution is 7.89. The van der Waals surface area contributed by atoms with Gasteiger partial charge in [0.25, 0.3) is 0 Å². The zero-order chi connectivity index (χ0) is 22.9. The smallest absolute Gasteiger partial charge is 0.244 e. The van der Waals surface area contributed by atoms with Crippen LogP contribution in [0.4, 0.5) is 5.69 Å². The molecular weight excluding hydrogens is 426 g/mol. The maximum absolute atomic E-state index is 13.3. The molecule has 0 saturated carbocycles. The van der Waals surface area contributed by atoms with Gasteiger partial charge in [-0.3, -0.25) is 4.90 Å². The Morgan fingerprint density at radius 1 is 1.09 bits per heavy atom. The number of morpholine rings is 1. The van der Waals surface area contributed by atoms with Crippen molar-refractivity contribution in [1.29, 1.82) is 0 Å². The first-order valence-electron chi connectivity index (χ1n) is 11.1. The fourth-order valence-electron chi connectivity index (χ4n) is 4.54. The lowest BCUT2D eigenvalue weighted by atomic mass is 10.0. The van der Waals surface area contributed by atoms with Crippen LogP contribution in [0.25, 0.3) is 0 Å². The molecule has 0 bridgehead atoms. The first-order chi connectivity index (χ1) is 15.3. The van der Waals surface area contributed by atoms with Crippen LogP contribution in [-0.2, 0) is 21.2 Å². The molecule has 4 rings (SSSR count). The van der Waals surface area contributed by atoms with E-state index in [0.717, 1.165) is 42.7 Å². The fraction of sp³-hybridized carbons (Fsp3) is 0.500. The maximum atomic E-state index is 13.3. The van der Waals surface area contributed by atoms with Crippen LogP contribution in [0, 0.1) is 13.8 Å². The standard InChI is InChI=1S/C24H33N3O4S/c1-17-13-23(30-4)24(14-18(17)2)32(28,29)25-16-22(27-9-11-31-12-10-27)19-5-6-21-20(15-19)7-8-26(21)3/h5-6,13-15,22,25H,7-12,16H2,1-4H3. The van der Waals surface area contributed by atoms with Gasteiger partial charge in [0.2, 0.25) is 10.0 Å². The lowest BCUT2D eigenvalue weighted by Crippen LogP contribution is -2.43. The van der Waals surface area contributed by atoms with E-state index < -0.39 is 10.0 Å². The quantitative estimate of drug-likeness (QED) is 0.687. The highest BCUT2D eigenvalue weighted by atomic mass is 32.2. The fourth-order valence-corrected chi connectivity index (χ4v) is 5.81. The summed E-state index contributed by atoms with van der Waals surface area (Å²) in [6.07, 6.45) is 1.01. The maximum Gasteiger partial charge on any atom is 0.244 e. The number of nitrogens with one attached hydrogen (secondary N) is 1. The highest BCUT2D eigenvalue weighted by Gasteiger charge is 2.28. The molecule has 7 nitrogen and oxygen atoms in total. The van der Waals surface area contributed by atoms with Crippen LogP contribution in [0.15, 0.2) is 35.2 Å². The Bertz CT molecular complexity index is 1080. The number of nitrogens with zero attached hydrogens (tertiary/aromatic N) is 2. The number of rotatable bonds is 7. The summed E-state index contributed by atoms with van der Waals surface area (Å²) in [5.74, 6) is 0.365. The van der Waals surface area contributed by atoms with Crippen LogP contribution in [-0.4, -0.2) is 66.9 Å². The summed E-state index contributed by atoms with van der Waals surface area (Å²) < 4.78 is 40.4. The molecule has 1 atom stereocenters. The Hall–Kier alpha value is -2.13. The predicted molar refractivity (Wildman–Crippen MR) is 126 cm³/mol. The van der Waals surface area contributed by atoms with Gasteiger partial charge in [0, 0.05) is 45.0 Å². The van der Waals surface area contributed by atoms with Gasteiger partial charge in [0.15, 0.2) is 0 Å². The predicted octanol–water partition coefficient (Wildman–Crippen LogP) is 2.66. The molecule has 174 valence electrons. The molecule has 2 heterocycles. The van der Waals surface area contributed by atoms with Crippen LogP contribution in [0.5, 0.6) is 5.75 Å². The molecule has 0 amide bonds. The van der Waals surface area contributed by atoms with Crippen LogP contribution >= 0.6 is 0 Å². The van der Waals surface area contributed by atoms with E-state index in [1.54, 1.807) is 12.1 Å². The number of benzene rings is 2. The number of anilines is 1. The molecule has 1 fully saturated rings. The zero-order valence-corrected chi connectivity index (χ0v) is 20.2. The molecule has 1 saturated heterocycles. The second-order valence-electron chi connectivity index (χ2n) is 8.66. The molecule has 2 aliphatic heterocycles. The Labute approximate surface area is 191 Å². The summed E-state index contributed by atoms with van der Waals surface area (Å²) in [7, 11) is -0.137. The number of aryl methyl sites for hydroxylation is 2. The molecule has 2 aromatic carbocycles. The van der Waals surface area contributed by atoms with Crippen molar-refractivity contribution in [3.8, 4) is 5.75 Å². The lowest BCUT2D eigenvalue weighted by Gasteiger charge is -2.35. The van der Waals surface area contributed by atoms with Crippen molar-refractivity contribution < 1.29 is 17.9 Å². The van der Waals surface area contributed by atoms with E-state index in [-0.39, 0.29) is 17.5 Å². The third kappa shape index (κ3) is 4.64. The molecule has 8 heteroatoms. The molecule has 1 unspecified atom stereocenters. The van der Waals surface area contributed by atoms with Crippen molar-refractivity contribution in [2.45, 2.75) is 31.2 Å². The SMILES string of the molecule is COc1cc(C)c(C)cc1S(=O)(=O)NCC(c1ccc2c(c1)CCN2C)N1CCOCC1. The minimum absolute atomic E-state index is 0.0672. The average molecular weight is 460 g/mol. The van der Waals surface area contributed by atoms with Gasteiger partial charge in [-0.1, -0.05) is 12.1 Å². The molecule has 2 aromatic rings. The Morgan fingerprint density at radius 2 is 1.81 bits per heavy atom. The highest BCUT2D eigenvalue weighted by Crippen LogP contribution is 2.32. The van der Waals surface area contributed by atoms with Crippen LogP contribution in [0.3, 0.4) is 0 Å². The first kappa shape index (κ1) is 23.0. The summed E-state index contributed by atoms with van der Waals surface area (Å²) in [5.41, 5.74) is 5.63. The van der Waals surface area contributed by atoms with Crippen LogP contribution in [0.1, 0.15) is 28.3 Å². The van der Waals surface area contributed by atoms with Gasteiger partial charge in [-0.15, -0.1) is 0 Å². The molecule has 2 aliphatic rings. The van der Waals surface area contributed by atoms with Gasteiger partial charge in [-0.2, -0.15) is 0 Å². The van der Waals surface area contributed by atoms with E-state index in [9.17, 15) is 8.42 Å². The molecule has 0 radical (unpaired) electrons. The second-order valence-corrected chi connectivity index (χ2v) is 10.4. The molecule has 32 heavy (non-hydrogen) atoms. The summed E-state index contributed by atoms with van der Waals surface area (Å²) in [6.45, 7) is 8.01. The largest absolute Gasteiger partial charge is 0.495 e. The molecule has 0 aliphatic carbocycles. The molecule has 0 aromatic heterocycles. The minimum atomic E-state index is -3.75. The lowest BCUT2D eigenvalue weighted by molar-refractivity contribution is 0.0172. The normalized spacial score (nSPS) is 17.9. The van der Waals surface area contributed by atoms with E-state index in [1.807, 2.05) is 13.8 Å². The molecular formula is C24H33N3O4S. The summed E-state index contributed by atoms with van der Waals surface area (Å²) in [6, 6.07) is 9.93. The van der Waals surface area contributed by atoms with E-state index in [2.05, 4.69) is 39.8 Å². The van der Waals surface area contributed by atoms with Crippen LogP contribution in [0.2, 0.25) is 0 Å². The van der Waals surface area contributed by atoms with Gasteiger partial charge in [-0.05, 0) is 60.7 Å². The van der Waals surface area contributed by atoms with Gasteiger partial charge in [0.1, 0.15) is 10.6 Å². The van der Waals surface area contributed by atoms with Gasteiger partial charge < -0.3 is 14.4 Å². The average Bonchev–Trinajstić information content (AvgIpc) is 3.16. The van der Waals surface area contributed by atoms with E-state index >= 15 is 0 Å². The van der Waals surface area contributed by atoms with Crippen molar-refractivity contribution in [3.63, 3.8) is 0 Å². The number of sulfonamides is 1. The van der Waals surface area contributed by atoms with Crippen molar-refractivity contribution >= 4 is 15.7 Å². The minimum Gasteiger partial charge on any atom is -0.495 e. The Morgan fingerprint density at radius 3 is 2.53 bits per heavy atom. The van der Waals surface area contributed by atoms with E-state index in [4.69, 9.17) is 9.47 Å². The third-order valence-corrected chi connectivity index (χ3v) is 8.08. The number of ether oxygens (including phenoxy) is 2. The van der Waals surface area contributed by atoms with E-state index in [1.165, 1.54) is 18.4 Å². The summed E-state index contributed by atoms with van der Waals surface area (Å²) >= 11 is 0. The van der Waals surface area contributed by atoms with Gasteiger partial charge in [-0.25, -0.2) is 13.1 Å². The number of hydrogen-bond donors (Lipinski definition) is 1. The summed E-state index contributed by atoms with van der Waals surface area (Å²) in [5, 5.41) is 0. The van der Waals surface area contributed by atoms with Crippen molar-refractivity contribution in [1.82, 2.24) is 9.62 Å². The number of hydrogen-bond acceptors (Lipinski definition) is 6. The third-order valence-electron chi connectivity index (χ3n) is 6.64. The Kier molecular flexibility index (Phi) is 6.76. The monoisotopic (exact) mass is 459 g/mol. The Balaban J connectivity index is 1.62. The van der Waals surface area contributed by atoms with Gasteiger partial charge in [0.05, 0.1) is 20.3 Å². The van der Waals surface area contributed by atoms with Crippen molar-refractivity contribution in [2.75, 3.05) is 58.5 Å². The number of fused-ring (bicyclic) bond motifs is 1. The van der Waals surface area contributed by atoms with Crippen LogP contribution < -0.4 is 14.4 Å². The number of likely N-dealkylation sites (N-methyl/N-ethyl adjacent to an activating group) is 1. The number of methoxy groups -OCH3 is 1. The topological polar surface area (TPSA) is 71.1 Å². The molecule has 0 spiro atoms. The van der Waals surface area contributed by atoms with E-state index in [0.29, 0.717) is 19.0 Å². The zero-order valence-electron chi connectivity index (χ0n) is 19.3.